The summed E-state index contributed by atoms with van der Waals surface area (Å²) < 4.78 is 23.9. The lowest BCUT2D eigenvalue weighted by Gasteiger charge is -2.16. The highest BCUT2D eigenvalue weighted by Gasteiger charge is 2.14. The van der Waals surface area contributed by atoms with E-state index < -0.39 is 6.10 Å². The molecule has 122 valence electrons. The Morgan fingerprint density at radius 1 is 1.22 bits per heavy atom. The summed E-state index contributed by atoms with van der Waals surface area (Å²) in [4.78, 5) is 11.4. The molecule has 4 nitrogen and oxygen atoms in total. The van der Waals surface area contributed by atoms with E-state index >= 15 is 0 Å². The maximum absolute atomic E-state index is 13.1. The van der Waals surface area contributed by atoms with Crippen molar-refractivity contribution in [1.82, 2.24) is 0 Å². The third-order valence-corrected chi connectivity index (χ3v) is 3.56. The molecule has 0 spiro atoms. The number of methoxy groups -OCH3 is 1. The number of ether oxygens (including phenoxy) is 2. The smallest absolute Gasteiger partial charge is 0.161 e. The molecule has 1 atom stereocenters. The molecule has 0 aliphatic heterocycles. The number of hydrogen-bond donors (Lipinski definition) is 1. The SMILES string of the molecule is COc1cc(C(C)=O)ccc1OCC(O)c1ccc(F)cc1C. The van der Waals surface area contributed by atoms with Gasteiger partial charge in [-0.1, -0.05) is 6.07 Å². The highest BCUT2D eigenvalue weighted by atomic mass is 19.1. The van der Waals surface area contributed by atoms with Crippen LogP contribution in [0.3, 0.4) is 0 Å². The Balaban J connectivity index is 2.12. The van der Waals surface area contributed by atoms with Gasteiger partial charge in [-0.15, -0.1) is 0 Å². The van der Waals surface area contributed by atoms with Crippen molar-refractivity contribution in [1.29, 1.82) is 0 Å². The zero-order chi connectivity index (χ0) is 17.0. The molecule has 2 rings (SSSR count). The number of aryl methyl sites for hydroxylation is 1. The summed E-state index contributed by atoms with van der Waals surface area (Å²) in [7, 11) is 1.48. The molecule has 1 N–H and O–H groups in total. The highest BCUT2D eigenvalue weighted by Crippen LogP contribution is 2.29. The van der Waals surface area contributed by atoms with Crippen molar-refractivity contribution in [2.45, 2.75) is 20.0 Å². The molecule has 2 aromatic rings. The van der Waals surface area contributed by atoms with Gasteiger partial charge in [0.25, 0.3) is 0 Å². The van der Waals surface area contributed by atoms with Gasteiger partial charge in [0.1, 0.15) is 18.5 Å². The number of Topliss-reactive ketones (excluding diaryl/α,β-unsaturated/α-hetero) is 1. The lowest BCUT2D eigenvalue weighted by Crippen LogP contribution is -2.11. The zero-order valence-corrected chi connectivity index (χ0v) is 13.3. The van der Waals surface area contributed by atoms with E-state index in [0.717, 1.165) is 0 Å². The van der Waals surface area contributed by atoms with E-state index in [1.807, 2.05) is 0 Å². The van der Waals surface area contributed by atoms with E-state index in [1.165, 1.54) is 32.2 Å². The Bertz CT molecular complexity index is 712. The molecule has 0 aliphatic rings. The number of ketones is 1. The van der Waals surface area contributed by atoms with Gasteiger partial charge in [-0.25, -0.2) is 4.39 Å². The van der Waals surface area contributed by atoms with Gasteiger partial charge >= 0.3 is 0 Å². The van der Waals surface area contributed by atoms with Crippen LogP contribution < -0.4 is 9.47 Å². The molecular weight excluding hydrogens is 299 g/mol. The molecular formula is C18H19FO4. The minimum atomic E-state index is -0.896. The molecule has 0 radical (unpaired) electrons. The molecule has 1 unspecified atom stereocenters. The number of aliphatic hydroxyl groups is 1. The van der Waals surface area contributed by atoms with E-state index in [9.17, 15) is 14.3 Å². The van der Waals surface area contributed by atoms with Gasteiger partial charge in [0.05, 0.1) is 7.11 Å². The largest absolute Gasteiger partial charge is 0.493 e. The summed E-state index contributed by atoms with van der Waals surface area (Å²) in [6.45, 7) is 3.18. The Morgan fingerprint density at radius 3 is 2.57 bits per heavy atom. The van der Waals surface area contributed by atoms with Crippen LogP contribution in [-0.4, -0.2) is 24.6 Å². The Hall–Kier alpha value is -2.40. The molecule has 5 heteroatoms. The summed E-state index contributed by atoms with van der Waals surface area (Å²) >= 11 is 0. The summed E-state index contributed by atoms with van der Waals surface area (Å²) in [6.07, 6.45) is -0.896. The number of carbonyl (C=O) groups excluding carboxylic acids is 1. The quantitative estimate of drug-likeness (QED) is 0.829. The Labute approximate surface area is 134 Å². The van der Waals surface area contributed by atoms with Gasteiger partial charge in [-0.3, -0.25) is 4.79 Å². The molecule has 0 heterocycles. The fourth-order valence-corrected chi connectivity index (χ4v) is 2.28. The number of halogens is 1. The molecule has 0 saturated carbocycles. The van der Waals surface area contributed by atoms with Crippen molar-refractivity contribution in [2.24, 2.45) is 0 Å². The molecule has 0 saturated heterocycles. The van der Waals surface area contributed by atoms with Crippen LogP contribution in [-0.2, 0) is 0 Å². The normalized spacial score (nSPS) is 11.9. The third-order valence-electron chi connectivity index (χ3n) is 3.56. The first-order valence-electron chi connectivity index (χ1n) is 7.18. The zero-order valence-electron chi connectivity index (χ0n) is 13.3. The minimum Gasteiger partial charge on any atom is -0.493 e. The van der Waals surface area contributed by atoms with Gasteiger partial charge in [0, 0.05) is 5.56 Å². The van der Waals surface area contributed by atoms with Crippen molar-refractivity contribution in [3.8, 4) is 11.5 Å². The van der Waals surface area contributed by atoms with Crippen molar-refractivity contribution in [3.63, 3.8) is 0 Å². The predicted octanol–water partition coefficient (Wildman–Crippen LogP) is 3.46. The first-order chi connectivity index (χ1) is 10.9. The summed E-state index contributed by atoms with van der Waals surface area (Å²) in [5.41, 5.74) is 1.77. The number of carbonyl (C=O) groups is 1. The summed E-state index contributed by atoms with van der Waals surface area (Å²) in [5.74, 6) is 0.426. The first kappa shape index (κ1) is 17.0. The van der Waals surface area contributed by atoms with Crippen LogP contribution in [0.5, 0.6) is 11.5 Å². The van der Waals surface area contributed by atoms with Gasteiger partial charge in [-0.05, 0) is 55.3 Å². The van der Waals surface area contributed by atoms with Gasteiger partial charge < -0.3 is 14.6 Å². The van der Waals surface area contributed by atoms with E-state index in [0.29, 0.717) is 28.2 Å². The van der Waals surface area contributed by atoms with E-state index in [-0.39, 0.29) is 18.2 Å². The monoisotopic (exact) mass is 318 g/mol. The predicted molar refractivity (Wildman–Crippen MR) is 84.6 cm³/mol. The van der Waals surface area contributed by atoms with Crippen LogP contribution in [0.2, 0.25) is 0 Å². The molecule has 0 aromatic heterocycles. The Morgan fingerprint density at radius 2 is 1.96 bits per heavy atom. The molecule has 23 heavy (non-hydrogen) atoms. The second kappa shape index (κ2) is 7.24. The lowest BCUT2D eigenvalue weighted by molar-refractivity contribution is 0.101. The first-order valence-corrected chi connectivity index (χ1v) is 7.18. The van der Waals surface area contributed by atoms with Crippen molar-refractivity contribution in [2.75, 3.05) is 13.7 Å². The van der Waals surface area contributed by atoms with Crippen LogP contribution in [0.4, 0.5) is 4.39 Å². The van der Waals surface area contributed by atoms with E-state index in [1.54, 1.807) is 25.1 Å². The van der Waals surface area contributed by atoms with Gasteiger partial charge in [0.15, 0.2) is 17.3 Å². The number of hydrogen-bond acceptors (Lipinski definition) is 4. The van der Waals surface area contributed by atoms with Crippen LogP contribution in [0.25, 0.3) is 0 Å². The summed E-state index contributed by atoms with van der Waals surface area (Å²) in [6, 6.07) is 9.05. The highest BCUT2D eigenvalue weighted by molar-refractivity contribution is 5.94. The van der Waals surface area contributed by atoms with Gasteiger partial charge in [0.2, 0.25) is 0 Å². The lowest BCUT2D eigenvalue weighted by atomic mass is 10.0. The topological polar surface area (TPSA) is 55.8 Å². The standard InChI is InChI=1S/C18H19FO4/c1-11-8-14(19)5-6-15(11)16(21)10-23-17-7-4-13(12(2)20)9-18(17)22-3/h4-9,16,21H,10H2,1-3H3. The van der Waals surface area contributed by atoms with Gasteiger partial charge in [-0.2, -0.15) is 0 Å². The fraction of sp³-hybridized carbons (Fsp3) is 0.278. The van der Waals surface area contributed by atoms with E-state index in [2.05, 4.69) is 0 Å². The van der Waals surface area contributed by atoms with Crippen LogP contribution in [0.1, 0.15) is 34.5 Å². The second-order valence-electron chi connectivity index (χ2n) is 5.25. The van der Waals surface area contributed by atoms with E-state index in [4.69, 9.17) is 9.47 Å². The summed E-state index contributed by atoms with van der Waals surface area (Å²) in [5, 5.41) is 10.2. The van der Waals surface area contributed by atoms with Crippen molar-refractivity contribution in [3.05, 3.63) is 58.9 Å². The van der Waals surface area contributed by atoms with Crippen LogP contribution in [0, 0.1) is 12.7 Å². The van der Waals surface area contributed by atoms with Crippen molar-refractivity contribution >= 4 is 5.78 Å². The average Bonchev–Trinajstić information content (AvgIpc) is 2.52. The average molecular weight is 318 g/mol. The van der Waals surface area contributed by atoms with Crippen LogP contribution >= 0.6 is 0 Å². The van der Waals surface area contributed by atoms with Crippen molar-refractivity contribution < 1.29 is 23.8 Å². The molecule has 0 bridgehead atoms. The molecule has 2 aromatic carbocycles. The Kier molecular flexibility index (Phi) is 5.34. The minimum absolute atomic E-state index is 0.0117. The molecule has 0 fully saturated rings. The maximum atomic E-state index is 13.1. The number of aliphatic hydroxyl groups excluding tert-OH is 1. The van der Waals surface area contributed by atoms with Crippen LogP contribution in [0.15, 0.2) is 36.4 Å². The molecule has 0 aliphatic carbocycles. The fourth-order valence-electron chi connectivity index (χ4n) is 2.28. The maximum Gasteiger partial charge on any atom is 0.161 e. The number of rotatable bonds is 6. The second-order valence-corrected chi connectivity index (χ2v) is 5.25. The third kappa shape index (κ3) is 4.07. The number of benzene rings is 2. The molecule has 0 amide bonds.